The molecule has 0 radical (unpaired) electrons. The molecule has 0 amide bonds. The highest BCUT2D eigenvalue weighted by atomic mass is 19.4. The number of cyclic esters (lactones) is 2. The third-order valence-corrected chi connectivity index (χ3v) is 2.64. The normalized spacial score (nSPS) is 17.2. The van der Waals surface area contributed by atoms with Gasteiger partial charge in [0.15, 0.2) is 0 Å². The highest BCUT2D eigenvalue weighted by molar-refractivity contribution is 5.89. The van der Waals surface area contributed by atoms with Crippen molar-refractivity contribution < 1.29 is 32.2 Å². The molecule has 0 aliphatic carbocycles. The lowest BCUT2D eigenvalue weighted by atomic mass is 9.91. The fraction of sp³-hybridized carbons (Fsp3) is 0.333. The molecule has 0 unspecified atom stereocenters. The number of benzene rings is 1. The topological polar surface area (TPSA) is 52.6 Å². The first-order valence-corrected chi connectivity index (χ1v) is 5.43. The van der Waals surface area contributed by atoms with Crippen molar-refractivity contribution in [3.63, 3.8) is 0 Å². The van der Waals surface area contributed by atoms with E-state index in [9.17, 15) is 22.8 Å². The van der Waals surface area contributed by atoms with Crippen molar-refractivity contribution in [2.24, 2.45) is 0 Å². The van der Waals surface area contributed by atoms with Crippen LogP contribution in [0.15, 0.2) is 24.3 Å². The van der Waals surface area contributed by atoms with Crippen LogP contribution in [0.2, 0.25) is 0 Å². The van der Waals surface area contributed by atoms with Crippen LogP contribution in [0.3, 0.4) is 0 Å². The summed E-state index contributed by atoms with van der Waals surface area (Å²) in [4.78, 5) is 22.2. The lowest BCUT2D eigenvalue weighted by Gasteiger charge is -2.20. The van der Waals surface area contributed by atoms with Gasteiger partial charge in [0.1, 0.15) is 5.75 Å². The zero-order valence-electron chi connectivity index (χ0n) is 9.57. The number of esters is 2. The van der Waals surface area contributed by atoms with Crippen LogP contribution >= 0.6 is 0 Å². The van der Waals surface area contributed by atoms with Crippen molar-refractivity contribution in [3.8, 4) is 5.75 Å². The van der Waals surface area contributed by atoms with Gasteiger partial charge in [0, 0.05) is 5.92 Å². The van der Waals surface area contributed by atoms with E-state index in [0.717, 1.165) is 12.1 Å². The van der Waals surface area contributed by atoms with E-state index in [1.165, 1.54) is 12.1 Å². The molecule has 1 fully saturated rings. The van der Waals surface area contributed by atoms with E-state index >= 15 is 0 Å². The van der Waals surface area contributed by atoms with Crippen molar-refractivity contribution in [2.45, 2.75) is 25.1 Å². The maximum Gasteiger partial charge on any atom is 0.573 e. The highest BCUT2D eigenvalue weighted by Gasteiger charge is 2.31. The van der Waals surface area contributed by atoms with Gasteiger partial charge in [0.05, 0.1) is 12.8 Å². The molecule has 0 saturated carbocycles. The third kappa shape index (κ3) is 3.70. The summed E-state index contributed by atoms with van der Waals surface area (Å²) >= 11 is 0. The second kappa shape index (κ2) is 4.91. The van der Waals surface area contributed by atoms with Crippen LogP contribution < -0.4 is 4.74 Å². The molecule has 2 rings (SSSR count). The number of rotatable bonds is 2. The lowest BCUT2D eigenvalue weighted by molar-refractivity contribution is -0.274. The Labute approximate surface area is 106 Å². The van der Waals surface area contributed by atoms with Crippen LogP contribution in [0.5, 0.6) is 5.75 Å². The molecule has 1 aliphatic rings. The predicted octanol–water partition coefficient (Wildman–Crippen LogP) is 2.53. The summed E-state index contributed by atoms with van der Waals surface area (Å²) in [6.07, 6.45) is -4.68. The third-order valence-electron chi connectivity index (χ3n) is 2.64. The molecule has 0 atom stereocenters. The summed E-state index contributed by atoms with van der Waals surface area (Å²) in [6.45, 7) is 0. The molecular formula is C12H9F3O4. The summed E-state index contributed by atoms with van der Waals surface area (Å²) in [5.41, 5.74) is 0.597. The number of carbonyl (C=O) groups excluding carboxylic acids is 2. The maximum atomic E-state index is 12.0. The second-order valence-corrected chi connectivity index (χ2v) is 4.07. The van der Waals surface area contributed by atoms with Gasteiger partial charge >= 0.3 is 18.3 Å². The standard InChI is InChI=1S/C12H9F3O4/c13-12(14,15)19-9-3-1-7(2-4-9)8-5-10(16)18-11(17)6-8/h1-4,8H,5-6H2. The number of alkyl halides is 3. The molecule has 1 aromatic carbocycles. The van der Waals surface area contributed by atoms with E-state index in [0.29, 0.717) is 5.56 Å². The van der Waals surface area contributed by atoms with Crippen LogP contribution in [0, 0.1) is 0 Å². The first-order chi connectivity index (χ1) is 8.83. The molecule has 0 aromatic heterocycles. The molecule has 1 aliphatic heterocycles. The quantitative estimate of drug-likeness (QED) is 0.614. The summed E-state index contributed by atoms with van der Waals surface area (Å²) in [7, 11) is 0. The first-order valence-electron chi connectivity index (χ1n) is 5.43. The Balaban J connectivity index is 2.10. The van der Waals surface area contributed by atoms with Crippen molar-refractivity contribution in [1.29, 1.82) is 0 Å². The SMILES string of the molecule is O=C1CC(c2ccc(OC(F)(F)F)cc2)CC(=O)O1. The number of halogens is 3. The van der Waals surface area contributed by atoms with E-state index in [1.54, 1.807) is 0 Å². The van der Waals surface area contributed by atoms with Gasteiger partial charge < -0.3 is 9.47 Å². The molecule has 1 heterocycles. The largest absolute Gasteiger partial charge is 0.573 e. The Hall–Kier alpha value is -2.05. The Morgan fingerprint density at radius 2 is 1.58 bits per heavy atom. The Morgan fingerprint density at radius 1 is 1.05 bits per heavy atom. The molecule has 0 bridgehead atoms. The average molecular weight is 274 g/mol. The smallest absolute Gasteiger partial charge is 0.406 e. The summed E-state index contributed by atoms with van der Waals surface area (Å²) in [5, 5.41) is 0. The fourth-order valence-electron chi connectivity index (χ4n) is 1.86. The van der Waals surface area contributed by atoms with E-state index in [2.05, 4.69) is 9.47 Å². The molecule has 102 valence electrons. The van der Waals surface area contributed by atoms with Crippen LogP contribution in [-0.4, -0.2) is 18.3 Å². The van der Waals surface area contributed by atoms with E-state index < -0.39 is 18.3 Å². The summed E-state index contributed by atoms with van der Waals surface area (Å²) in [5.74, 6) is -1.97. The van der Waals surface area contributed by atoms with E-state index in [1.807, 2.05) is 0 Å². The molecule has 1 saturated heterocycles. The van der Waals surface area contributed by atoms with E-state index in [-0.39, 0.29) is 24.5 Å². The summed E-state index contributed by atoms with van der Waals surface area (Å²) in [6, 6.07) is 5.09. The van der Waals surface area contributed by atoms with Gasteiger partial charge in [-0.15, -0.1) is 13.2 Å². The van der Waals surface area contributed by atoms with Crippen molar-refractivity contribution in [2.75, 3.05) is 0 Å². The first kappa shape index (κ1) is 13.4. The van der Waals surface area contributed by atoms with Gasteiger partial charge in [0.25, 0.3) is 0 Å². The number of carbonyl (C=O) groups is 2. The van der Waals surface area contributed by atoms with Crippen molar-refractivity contribution >= 4 is 11.9 Å². The predicted molar refractivity (Wildman–Crippen MR) is 56.2 cm³/mol. The van der Waals surface area contributed by atoms with Crippen molar-refractivity contribution in [3.05, 3.63) is 29.8 Å². The van der Waals surface area contributed by atoms with Crippen LogP contribution in [0.1, 0.15) is 24.3 Å². The van der Waals surface area contributed by atoms with Gasteiger partial charge in [-0.2, -0.15) is 0 Å². The Bertz CT molecular complexity index is 477. The zero-order valence-corrected chi connectivity index (χ0v) is 9.57. The van der Waals surface area contributed by atoms with Gasteiger partial charge in [0.2, 0.25) is 0 Å². The number of ether oxygens (including phenoxy) is 2. The molecule has 0 N–H and O–H groups in total. The summed E-state index contributed by atoms with van der Waals surface area (Å²) < 4.78 is 44.0. The Morgan fingerprint density at radius 3 is 2.05 bits per heavy atom. The molecule has 4 nitrogen and oxygen atoms in total. The van der Waals surface area contributed by atoms with Gasteiger partial charge in [-0.3, -0.25) is 9.59 Å². The minimum absolute atomic E-state index is 0.0330. The fourth-order valence-corrected chi connectivity index (χ4v) is 1.86. The Kier molecular flexibility index (Phi) is 3.46. The minimum atomic E-state index is -4.74. The van der Waals surface area contributed by atoms with Crippen LogP contribution in [0.4, 0.5) is 13.2 Å². The molecule has 19 heavy (non-hydrogen) atoms. The molecule has 7 heteroatoms. The van der Waals surface area contributed by atoms with E-state index in [4.69, 9.17) is 0 Å². The highest BCUT2D eigenvalue weighted by Crippen LogP contribution is 2.30. The zero-order chi connectivity index (χ0) is 14.0. The maximum absolute atomic E-state index is 12.0. The molecular weight excluding hydrogens is 265 g/mol. The van der Waals surface area contributed by atoms with Gasteiger partial charge in [-0.25, -0.2) is 0 Å². The average Bonchev–Trinajstić information content (AvgIpc) is 2.26. The molecule has 0 spiro atoms. The number of hydrogen-bond acceptors (Lipinski definition) is 4. The van der Waals surface area contributed by atoms with Gasteiger partial charge in [-0.05, 0) is 17.7 Å². The minimum Gasteiger partial charge on any atom is -0.406 e. The van der Waals surface area contributed by atoms with Crippen molar-refractivity contribution in [1.82, 2.24) is 0 Å². The molecule has 1 aromatic rings. The van der Waals surface area contributed by atoms with Crippen LogP contribution in [0.25, 0.3) is 0 Å². The van der Waals surface area contributed by atoms with Gasteiger partial charge in [-0.1, -0.05) is 12.1 Å². The number of hydrogen-bond donors (Lipinski definition) is 0. The lowest BCUT2D eigenvalue weighted by Crippen LogP contribution is -2.24. The van der Waals surface area contributed by atoms with Crippen LogP contribution in [-0.2, 0) is 14.3 Å². The second-order valence-electron chi connectivity index (χ2n) is 4.07. The monoisotopic (exact) mass is 274 g/mol.